The molecule has 2 heterocycles. The molecule has 1 aromatic carbocycles. The van der Waals surface area contributed by atoms with Crippen molar-refractivity contribution in [1.29, 1.82) is 0 Å². The van der Waals surface area contributed by atoms with Crippen molar-refractivity contribution in [3.8, 4) is 5.75 Å². The van der Waals surface area contributed by atoms with E-state index in [1.165, 1.54) is 4.90 Å². The molecule has 5 atom stereocenters. The first kappa shape index (κ1) is 44.7. The van der Waals surface area contributed by atoms with Crippen LogP contribution in [-0.4, -0.2) is 83.6 Å². The van der Waals surface area contributed by atoms with Crippen molar-refractivity contribution in [3.05, 3.63) is 45.2 Å². The molecule has 0 radical (unpaired) electrons. The molecule has 2 unspecified atom stereocenters. The lowest BCUT2D eigenvalue weighted by molar-refractivity contribution is -0.153. The lowest BCUT2D eigenvalue weighted by Crippen LogP contribution is -2.59. The molecule has 0 aliphatic carbocycles. The van der Waals surface area contributed by atoms with Crippen LogP contribution in [0.3, 0.4) is 0 Å². The largest absolute Gasteiger partial charge is 0.455 e. The highest BCUT2D eigenvalue weighted by molar-refractivity contribution is 7.09. The Morgan fingerprint density at radius 2 is 1.65 bits per heavy atom. The third kappa shape index (κ3) is 11.4. The Hall–Kier alpha value is -3.70. The summed E-state index contributed by atoms with van der Waals surface area (Å²) >= 11 is 0.814. The molecule has 11 nitrogen and oxygen atoms in total. The number of amides is 2. The lowest BCUT2D eigenvalue weighted by atomic mass is 9.92. The Labute approximate surface area is 316 Å². The molecule has 1 aliphatic rings. The molecule has 0 bridgehead atoms. The second-order valence-electron chi connectivity index (χ2n) is 13.9. The van der Waals surface area contributed by atoms with Crippen molar-refractivity contribution in [1.82, 2.24) is 20.1 Å². The van der Waals surface area contributed by atoms with Crippen LogP contribution in [0.15, 0.2) is 5.38 Å². The molecule has 1 aromatic heterocycles. The van der Waals surface area contributed by atoms with Crippen LogP contribution in [0.1, 0.15) is 115 Å². The quantitative estimate of drug-likeness (QED) is 0.0302. The molecule has 0 saturated carbocycles. The minimum Gasteiger partial charge on any atom is -0.455 e. The zero-order chi connectivity index (χ0) is 40.3. The van der Waals surface area contributed by atoms with Crippen molar-refractivity contribution < 1.29 is 55.3 Å². The van der Waals surface area contributed by atoms with E-state index in [-0.39, 0.29) is 41.9 Å². The van der Waals surface area contributed by atoms with E-state index in [0.717, 1.165) is 62.3 Å². The van der Waals surface area contributed by atoms with E-state index in [0.29, 0.717) is 19.4 Å². The van der Waals surface area contributed by atoms with Gasteiger partial charge < -0.3 is 24.4 Å². The molecule has 1 N–H and O–H groups in total. The number of carbonyl (C=O) groups excluding carboxylic acids is 4. The standard InChI is InChI=1S/C37H51F5N4O7S/c1-8-10-13-16-51-19-46(36(49)32(21(5)9-2)44-34(48)24-14-11-12-15-45(24)7)25(20(3)4)17-26(52-22(6)47)35-43-23(18-54-35)37(50)53-33-30(41)28(39)27(38)29(40)31(33)42/h18,20-21,24-26,32H,8-17,19H2,1-7H3,(H,44,48)/t21?,24?,25-,26-,32+/m1/s1. The van der Waals surface area contributed by atoms with Gasteiger partial charge in [0.2, 0.25) is 46.6 Å². The van der Waals surface area contributed by atoms with E-state index in [2.05, 4.69) is 15.0 Å². The van der Waals surface area contributed by atoms with Gasteiger partial charge in [0.05, 0.1) is 6.04 Å². The number of esters is 2. The number of nitrogens with zero attached hydrogens (tertiary/aromatic N) is 3. The van der Waals surface area contributed by atoms with Crippen molar-refractivity contribution >= 4 is 35.1 Å². The number of rotatable bonds is 19. The van der Waals surface area contributed by atoms with Crippen LogP contribution in [0.5, 0.6) is 5.75 Å². The topological polar surface area (TPSA) is 127 Å². The van der Waals surface area contributed by atoms with Gasteiger partial charge in [0.15, 0.2) is 11.8 Å². The highest BCUT2D eigenvalue weighted by Gasteiger charge is 2.39. The number of benzene rings is 1. The van der Waals surface area contributed by atoms with Gasteiger partial charge in [-0.1, -0.05) is 60.3 Å². The highest BCUT2D eigenvalue weighted by atomic mass is 32.1. The average Bonchev–Trinajstić information content (AvgIpc) is 3.64. The van der Waals surface area contributed by atoms with E-state index in [1.807, 2.05) is 46.6 Å². The van der Waals surface area contributed by atoms with Crippen LogP contribution in [0.4, 0.5) is 22.0 Å². The van der Waals surface area contributed by atoms with E-state index in [1.54, 1.807) is 0 Å². The number of unbranched alkanes of at least 4 members (excludes halogenated alkanes) is 2. The van der Waals surface area contributed by atoms with Crippen molar-refractivity contribution in [2.75, 3.05) is 26.9 Å². The molecular weight excluding hydrogens is 739 g/mol. The molecular formula is C37H51F5N4O7S. The smallest absolute Gasteiger partial charge is 0.363 e. The monoisotopic (exact) mass is 790 g/mol. The first-order valence-electron chi connectivity index (χ1n) is 18.3. The molecule has 1 fully saturated rings. The molecule has 2 amide bonds. The predicted octanol–water partition coefficient (Wildman–Crippen LogP) is 7.08. The number of piperidine rings is 1. The summed E-state index contributed by atoms with van der Waals surface area (Å²) in [5, 5.41) is 4.17. The summed E-state index contributed by atoms with van der Waals surface area (Å²) in [6.45, 7) is 11.7. The fraction of sp³-hybridized carbons (Fsp3) is 0.649. The number of nitrogens with one attached hydrogen (secondary N) is 1. The summed E-state index contributed by atoms with van der Waals surface area (Å²) in [5.41, 5.74) is -0.559. The number of aromatic nitrogens is 1. The normalized spacial score (nSPS) is 17.1. The van der Waals surface area contributed by atoms with Gasteiger partial charge in [0.1, 0.15) is 17.8 Å². The second-order valence-corrected chi connectivity index (χ2v) is 14.8. The third-order valence-corrected chi connectivity index (χ3v) is 10.5. The third-order valence-electron chi connectivity index (χ3n) is 9.56. The Morgan fingerprint density at radius 3 is 2.22 bits per heavy atom. The van der Waals surface area contributed by atoms with Gasteiger partial charge in [0.25, 0.3) is 0 Å². The van der Waals surface area contributed by atoms with Gasteiger partial charge in [-0.3, -0.25) is 19.3 Å². The highest BCUT2D eigenvalue weighted by Crippen LogP contribution is 2.33. The maximum atomic E-state index is 14.6. The van der Waals surface area contributed by atoms with Crippen LogP contribution in [-0.2, 0) is 23.9 Å². The molecule has 0 spiro atoms. The molecule has 1 saturated heterocycles. The van der Waals surface area contributed by atoms with Crippen molar-refractivity contribution in [3.63, 3.8) is 0 Å². The first-order chi connectivity index (χ1) is 25.5. The molecule has 1 aliphatic heterocycles. The van der Waals surface area contributed by atoms with Gasteiger partial charge in [-0.15, -0.1) is 11.3 Å². The number of carbonyl (C=O) groups is 4. The van der Waals surface area contributed by atoms with E-state index in [9.17, 15) is 41.1 Å². The van der Waals surface area contributed by atoms with Gasteiger partial charge in [-0.25, -0.2) is 22.9 Å². The molecule has 3 rings (SSSR count). The zero-order valence-electron chi connectivity index (χ0n) is 31.8. The summed E-state index contributed by atoms with van der Waals surface area (Å²) in [7, 11) is 1.88. The number of ether oxygens (including phenoxy) is 3. The maximum Gasteiger partial charge on any atom is 0.363 e. The summed E-state index contributed by atoms with van der Waals surface area (Å²) in [6, 6.07) is -1.97. The number of likely N-dealkylation sites (tertiary alicyclic amines) is 1. The van der Waals surface area contributed by atoms with E-state index < -0.39 is 76.6 Å². The number of hydrogen-bond donors (Lipinski definition) is 1. The summed E-state index contributed by atoms with van der Waals surface area (Å²) in [5.74, 6) is -16.9. The van der Waals surface area contributed by atoms with E-state index >= 15 is 0 Å². The van der Waals surface area contributed by atoms with Crippen LogP contribution in [0.2, 0.25) is 0 Å². The molecule has 54 heavy (non-hydrogen) atoms. The van der Waals surface area contributed by atoms with Crippen molar-refractivity contribution in [2.45, 2.75) is 117 Å². The maximum absolute atomic E-state index is 14.6. The van der Waals surface area contributed by atoms with Crippen LogP contribution in [0, 0.1) is 40.9 Å². The lowest BCUT2D eigenvalue weighted by Gasteiger charge is -2.40. The van der Waals surface area contributed by atoms with E-state index in [4.69, 9.17) is 9.47 Å². The van der Waals surface area contributed by atoms with Crippen molar-refractivity contribution in [2.24, 2.45) is 11.8 Å². The number of hydrogen-bond acceptors (Lipinski definition) is 10. The Bertz CT molecular complexity index is 1580. The van der Waals surface area contributed by atoms with Gasteiger partial charge in [-0.05, 0) is 44.7 Å². The fourth-order valence-electron chi connectivity index (χ4n) is 6.18. The van der Waals surface area contributed by atoms with Crippen LogP contribution in [0.25, 0.3) is 0 Å². The molecule has 17 heteroatoms. The van der Waals surface area contributed by atoms with Gasteiger partial charge in [-0.2, -0.15) is 8.78 Å². The van der Waals surface area contributed by atoms with Gasteiger partial charge in [0, 0.05) is 31.4 Å². The van der Waals surface area contributed by atoms with Crippen LogP contribution >= 0.6 is 11.3 Å². The Morgan fingerprint density at radius 1 is 1.00 bits per heavy atom. The molecule has 302 valence electrons. The average molecular weight is 791 g/mol. The molecule has 2 aromatic rings. The Kier molecular flexibility index (Phi) is 17.2. The minimum atomic E-state index is -2.42. The summed E-state index contributed by atoms with van der Waals surface area (Å²) < 4.78 is 85.6. The predicted molar refractivity (Wildman–Crippen MR) is 190 cm³/mol. The number of thiazole rings is 1. The van der Waals surface area contributed by atoms with Gasteiger partial charge >= 0.3 is 11.9 Å². The minimum absolute atomic E-state index is 0.0311. The number of likely N-dealkylation sites (N-methyl/N-ethyl adjacent to an activating group) is 1. The zero-order valence-corrected chi connectivity index (χ0v) is 32.6. The fourth-order valence-corrected chi connectivity index (χ4v) is 7.01. The Balaban J connectivity index is 1.96. The van der Waals surface area contributed by atoms with Crippen LogP contribution < -0.4 is 10.1 Å². The summed E-state index contributed by atoms with van der Waals surface area (Å²) in [4.78, 5) is 61.1. The SMILES string of the molecule is CCCCCOCN(C(=O)[C@@H](NC(=O)C1CCCCN1C)C(C)CC)[C@H](C[C@@H](OC(C)=O)c1nc(C(=O)Oc2c(F)c(F)c(F)c(F)c2F)cs1)C(C)C. The second kappa shape index (κ2) is 20.8. The number of halogens is 5. The summed E-state index contributed by atoms with van der Waals surface area (Å²) in [6.07, 6.45) is 4.51. The first-order valence-corrected chi connectivity index (χ1v) is 19.2.